The van der Waals surface area contributed by atoms with Crippen LogP contribution in [0.4, 0.5) is 0 Å². The second kappa shape index (κ2) is 3.77. The molecule has 2 N–H and O–H groups in total. The number of nitrogens with one attached hydrogen (secondary N) is 1. The maximum absolute atomic E-state index is 10.7. The van der Waals surface area contributed by atoms with E-state index in [2.05, 4.69) is 10.3 Å². The number of nitrogens with zero attached hydrogens (tertiary/aromatic N) is 1. The molecule has 6 heteroatoms. The second-order valence-electron chi connectivity index (χ2n) is 2.95. The zero-order valence-electron chi connectivity index (χ0n) is 7.40. The van der Waals surface area contributed by atoms with Gasteiger partial charge >= 0.3 is 5.97 Å². The quantitative estimate of drug-likeness (QED) is 0.697. The minimum Gasteiger partial charge on any atom is -0.476 e. The van der Waals surface area contributed by atoms with Gasteiger partial charge in [0.25, 0.3) is 0 Å². The van der Waals surface area contributed by atoms with Crippen molar-refractivity contribution in [3.8, 4) is 0 Å². The molecule has 0 bridgehead atoms. The Bertz CT molecular complexity index is 330. The summed E-state index contributed by atoms with van der Waals surface area (Å²) < 4.78 is 10.2. The van der Waals surface area contributed by atoms with E-state index in [1.165, 1.54) is 0 Å². The Morgan fingerprint density at radius 1 is 1.71 bits per heavy atom. The van der Waals surface area contributed by atoms with Gasteiger partial charge in [-0.25, -0.2) is 9.78 Å². The van der Waals surface area contributed by atoms with Gasteiger partial charge in [0, 0.05) is 6.54 Å². The van der Waals surface area contributed by atoms with Crippen LogP contribution in [0.5, 0.6) is 0 Å². The Morgan fingerprint density at radius 2 is 2.57 bits per heavy atom. The standard InChI is InChI=1S/C8H10N2O4/c11-8(12)6-7(14-4-10-6)5-3-13-2-1-9-5/h4-5,9H,1-3H2,(H,11,12). The Kier molecular flexibility index (Phi) is 2.47. The van der Waals surface area contributed by atoms with Gasteiger partial charge in [0.2, 0.25) is 0 Å². The van der Waals surface area contributed by atoms with Gasteiger partial charge in [0.05, 0.1) is 19.3 Å². The van der Waals surface area contributed by atoms with Crippen LogP contribution in [0.15, 0.2) is 10.8 Å². The first-order chi connectivity index (χ1) is 6.79. The molecular weight excluding hydrogens is 188 g/mol. The van der Waals surface area contributed by atoms with Crippen molar-refractivity contribution in [3.05, 3.63) is 17.8 Å². The maximum Gasteiger partial charge on any atom is 0.358 e. The molecule has 0 radical (unpaired) electrons. The number of carboxylic acid groups (broad SMARTS) is 1. The van der Waals surface area contributed by atoms with Gasteiger partial charge in [-0.15, -0.1) is 0 Å². The zero-order valence-corrected chi connectivity index (χ0v) is 7.40. The van der Waals surface area contributed by atoms with Gasteiger partial charge in [-0.3, -0.25) is 0 Å². The van der Waals surface area contributed by atoms with Gasteiger partial charge in [0.1, 0.15) is 0 Å². The maximum atomic E-state index is 10.7. The lowest BCUT2D eigenvalue weighted by atomic mass is 10.2. The van der Waals surface area contributed by atoms with E-state index in [0.717, 1.165) is 6.39 Å². The number of rotatable bonds is 2. The van der Waals surface area contributed by atoms with Crippen LogP contribution in [-0.2, 0) is 4.74 Å². The third kappa shape index (κ3) is 1.61. The van der Waals surface area contributed by atoms with Gasteiger partial charge in [0.15, 0.2) is 17.8 Å². The highest BCUT2D eigenvalue weighted by Crippen LogP contribution is 2.19. The molecule has 1 aliphatic rings. The predicted octanol–water partition coefficient (Wildman–Crippen LogP) is 0.0337. The summed E-state index contributed by atoms with van der Waals surface area (Å²) in [4.78, 5) is 14.4. The van der Waals surface area contributed by atoms with Crippen LogP contribution in [0.2, 0.25) is 0 Å². The molecule has 0 aliphatic carbocycles. The van der Waals surface area contributed by atoms with Crippen molar-refractivity contribution in [3.63, 3.8) is 0 Å². The molecule has 14 heavy (non-hydrogen) atoms. The number of morpholine rings is 1. The first kappa shape index (κ1) is 9.17. The number of aromatic nitrogens is 1. The third-order valence-corrected chi connectivity index (χ3v) is 2.04. The molecule has 6 nitrogen and oxygen atoms in total. The molecule has 1 aromatic rings. The van der Waals surface area contributed by atoms with Gasteiger partial charge < -0.3 is 19.6 Å². The molecule has 1 fully saturated rings. The lowest BCUT2D eigenvalue weighted by molar-refractivity contribution is 0.0638. The van der Waals surface area contributed by atoms with Crippen LogP contribution >= 0.6 is 0 Å². The van der Waals surface area contributed by atoms with Crippen LogP contribution in [-0.4, -0.2) is 35.8 Å². The Balaban J connectivity index is 2.21. The first-order valence-corrected chi connectivity index (χ1v) is 4.27. The number of oxazole rings is 1. The van der Waals surface area contributed by atoms with Crippen LogP contribution in [0.3, 0.4) is 0 Å². The molecule has 0 saturated carbocycles. The second-order valence-corrected chi connectivity index (χ2v) is 2.95. The molecule has 0 aromatic carbocycles. The molecule has 2 heterocycles. The van der Waals surface area contributed by atoms with Crippen molar-refractivity contribution in [2.75, 3.05) is 19.8 Å². The van der Waals surface area contributed by atoms with Crippen LogP contribution < -0.4 is 5.32 Å². The lowest BCUT2D eigenvalue weighted by Crippen LogP contribution is -2.35. The van der Waals surface area contributed by atoms with Gasteiger partial charge in [-0.1, -0.05) is 0 Å². The molecule has 1 saturated heterocycles. The van der Waals surface area contributed by atoms with Crippen molar-refractivity contribution in [2.24, 2.45) is 0 Å². The van der Waals surface area contributed by atoms with Crippen molar-refractivity contribution in [1.29, 1.82) is 0 Å². The van der Waals surface area contributed by atoms with E-state index in [0.29, 0.717) is 25.5 Å². The van der Waals surface area contributed by atoms with Crippen LogP contribution in [0.1, 0.15) is 22.3 Å². The van der Waals surface area contributed by atoms with Crippen molar-refractivity contribution in [2.45, 2.75) is 6.04 Å². The van der Waals surface area contributed by atoms with Crippen LogP contribution in [0.25, 0.3) is 0 Å². The number of carboxylic acids is 1. The molecule has 1 unspecified atom stereocenters. The molecule has 0 spiro atoms. The Hall–Kier alpha value is -1.40. The fraction of sp³-hybridized carbons (Fsp3) is 0.500. The highest BCUT2D eigenvalue weighted by molar-refractivity contribution is 5.86. The number of hydrogen-bond donors (Lipinski definition) is 2. The largest absolute Gasteiger partial charge is 0.476 e. The molecule has 0 amide bonds. The Labute approximate surface area is 79.9 Å². The molecule has 76 valence electrons. The lowest BCUT2D eigenvalue weighted by Gasteiger charge is -2.21. The van der Waals surface area contributed by atoms with Crippen molar-refractivity contribution < 1.29 is 19.1 Å². The summed E-state index contributed by atoms with van der Waals surface area (Å²) in [7, 11) is 0. The van der Waals surface area contributed by atoms with E-state index < -0.39 is 5.97 Å². The summed E-state index contributed by atoms with van der Waals surface area (Å²) in [6.45, 7) is 1.73. The first-order valence-electron chi connectivity index (χ1n) is 4.27. The molecular formula is C8H10N2O4. The topological polar surface area (TPSA) is 84.6 Å². The highest BCUT2D eigenvalue weighted by Gasteiger charge is 2.25. The fourth-order valence-corrected chi connectivity index (χ4v) is 1.40. The van der Waals surface area contributed by atoms with E-state index in [-0.39, 0.29) is 11.7 Å². The van der Waals surface area contributed by atoms with E-state index in [4.69, 9.17) is 14.3 Å². The zero-order chi connectivity index (χ0) is 9.97. The average molecular weight is 198 g/mol. The van der Waals surface area contributed by atoms with Crippen molar-refractivity contribution >= 4 is 5.97 Å². The summed E-state index contributed by atoms with van der Waals surface area (Å²) in [5.41, 5.74) is -0.0481. The van der Waals surface area contributed by atoms with E-state index >= 15 is 0 Å². The van der Waals surface area contributed by atoms with Gasteiger partial charge in [-0.2, -0.15) is 0 Å². The van der Waals surface area contributed by atoms with E-state index in [1.54, 1.807) is 0 Å². The predicted molar refractivity (Wildman–Crippen MR) is 45.0 cm³/mol. The fourth-order valence-electron chi connectivity index (χ4n) is 1.40. The molecule has 2 rings (SSSR count). The SMILES string of the molecule is O=C(O)c1ncoc1C1COCCN1. The summed E-state index contributed by atoms with van der Waals surface area (Å²) in [5.74, 6) is -0.752. The smallest absolute Gasteiger partial charge is 0.358 e. The molecule has 1 aromatic heterocycles. The normalized spacial score (nSPS) is 22.1. The summed E-state index contributed by atoms with van der Waals surface area (Å²) in [5, 5.41) is 11.9. The minimum atomic E-state index is -1.08. The summed E-state index contributed by atoms with van der Waals surface area (Å²) in [6, 6.07) is -0.211. The summed E-state index contributed by atoms with van der Waals surface area (Å²) in [6.07, 6.45) is 1.13. The monoisotopic (exact) mass is 198 g/mol. The number of carbonyl (C=O) groups is 1. The van der Waals surface area contributed by atoms with Gasteiger partial charge in [-0.05, 0) is 0 Å². The van der Waals surface area contributed by atoms with Crippen molar-refractivity contribution in [1.82, 2.24) is 10.3 Å². The van der Waals surface area contributed by atoms with Crippen LogP contribution in [0, 0.1) is 0 Å². The number of hydrogen-bond acceptors (Lipinski definition) is 5. The minimum absolute atomic E-state index is 0.0481. The van der Waals surface area contributed by atoms with E-state index in [9.17, 15) is 4.79 Å². The van der Waals surface area contributed by atoms with E-state index in [1.807, 2.05) is 0 Å². The third-order valence-electron chi connectivity index (χ3n) is 2.04. The highest BCUT2D eigenvalue weighted by atomic mass is 16.5. The average Bonchev–Trinajstić information content (AvgIpc) is 2.67. The number of aromatic carboxylic acids is 1. The molecule has 1 atom stereocenters. The molecule has 1 aliphatic heterocycles. The summed E-state index contributed by atoms with van der Waals surface area (Å²) >= 11 is 0. The Morgan fingerprint density at radius 3 is 3.21 bits per heavy atom. The number of ether oxygens (including phenoxy) is 1.